The van der Waals surface area contributed by atoms with E-state index >= 15 is 0 Å². The lowest BCUT2D eigenvalue weighted by molar-refractivity contribution is -0.130. The lowest BCUT2D eigenvalue weighted by Crippen LogP contribution is -2.46. The summed E-state index contributed by atoms with van der Waals surface area (Å²) >= 11 is 0. The number of rotatable bonds is 4. The van der Waals surface area contributed by atoms with Crippen LogP contribution in [0.1, 0.15) is 44.9 Å². The van der Waals surface area contributed by atoms with Crippen LogP contribution in [0.3, 0.4) is 0 Å². The number of carbonyl (C=O) groups is 1. The number of amides is 1. The number of aliphatic hydroxyl groups is 1. The van der Waals surface area contributed by atoms with Crippen molar-refractivity contribution in [3.05, 3.63) is 0 Å². The van der Waals surface area contributed by atoms with Crippen molar-refractivity contribution in [3.8, 4) is 0 Å². The van der Waals surface area contributed by atoms with Crippen molar-refractivity contribution in [1.82, 2.24) is 5.32 Å². The van der Waals surface area contributed by atoms with E-state index < -0.39 is 0 Å². The van der Waals surface area contributed by atoms with Crippen molar-refractivity contribution in [2.24, 2.45) is 17.1 Å². The molecule has 0 heterocycles. The van der Waals surface area contributed by atoms with Crippen LogP contribution in [0.15, 0.2) is 0 Å². The Kier molecular flexibility index (Phi) is 5.89. The molecule has 0 aromatic heterocycles. The minimum atomic E-state index is -0.316. The molecule has 106 valence electrons. The molecule has 2 rings (SSSR count). The fourth-order valence-electron chi connectivity index (χ4n) is 3.24. The molecule has 0 aromatic carbocycles. The molecule has 0 saturated heterocycles. The number of nitrogens with two attached hydrogens (primary N) is 1. The van der Waals surface area contributed by atoms with E-state index in [9.17, 15) is 9.90 Å². The summed E-state index contributed by atoms with van der Waals surface area (Å²) in [6.07, 6.45) is 6.80. The van der Waals surface area contributed by atoms with Gasteiger partial charge in [-0.25, -0.2) is 0 Å². The van der Waals surface area contributed by atoms with E-state index in [1.807, 2.05) is 0 Å². The molecule has 18 heavy (non-hydrogen) atoms. The number of hydrogen-bond donors (Lipinski definition) is 3. The zero-order valence-electron chi connectivity index (χ0n) is 10.9. The first kappa shape index (κ1) is 15.7. The molecule has 2 aliphatic rings. The minimum absolute atomic E-state index is 0. The van der Waals surface area contributed by atoms with Gasteiger partial charge >= 0.3 is 0 Å². The maximum absolute atomic E-state index is 12.2. The van der Waals surface area contributed by atoms with Gasteiger partial charge in [0.15, 0.2) is 0 Å². The van der Waals surface area contributed by atoms with Crippen LogP contribution < -0.4 is 11.1 Å². The lowest BCUT2D eigenvalue weighted by Gasteiger charge is -2.27. The van der Waals surface area contributed by atoms with Gasteiger partial charge in [-0.3, -0.25) is 4.79 Å². The van der Waals surface area contributed by atoms with Gasteiger partial charge in [-0.2, -0.15) is 0 Å². The zero-order valence-corrected chi connectivity index (χ0v) is 11.7. The van der Waals surface area contributed by atoms with Crippen molar-refractivity contribution in [1.29, 1.82) is 0 Å². The first-order chi connectivity index (χ1) is 8.18. The van der Waals surface area contributed by atoms with Gasteiger partial charge in [-0.1, -0.05) is 19.3 Å². The second-order valence-corrected chi connectivity index (χ2v) is 5.66. The van der Waals surface area contributed by atoms with Gasteiger partial charge in [-0.05, 0) is 25.7 Å². The fraction of sp³-hybridized carbons (Fsp3) is 0.923. The molecule has 2 saturated carbocycles. The first-order valence-corrected chi connectivity index (χ1v) is 6.84. The monoisotopic (exact) mass is 276 g/mol. The number of aliphatic hydroxyl groups excluding tert-OH is 1. The molecule has 0 aliphatic heterocycles. The van der Waals surface area contributed by atoms with E-state index in [4.69, 9.17) is 5.73 Å². The molecular formula is C13H25ClN2O2. The summed E-state index contributed by atoms with van der Waals surface area (Å²) in [7, 11) is 0. The van der Waals surface area contributed by atoms with E-state index in [2.05, 4.69) is 5.32 Å². The van der Waals surface area contributed by atoms with E-state index in [1.54, 1.807) is 0 Å². The van der Waals surface area contributed by atoms with Crippen molar-refractivity contribution in [2.45, 2.75) is 51.0 Å². The SMILES string of the molecule is Cl.NCC1(C(=O)NCC2CCCC2O)CCCC1. The molecule has 2 aliphatic carbocycles. The second-order valence-electron chi connectivity index (χ2n) is 5.66. The number of halogens is 1. The molecule has 0 radical (unpaired) electrons. The molecule has 0 bridgehead atoms. The quantitative estimate of drug-likeness (QED) is 0.722. The highest BCUT2D eigenvalue weighted by Gasteiger charge is 2.40. The van der Waals surface area contributed by atoms with Crippen molar-refractivity contribution < 1.29 is 9.90 Å². The zero-order chi connectivity index (χ0) is 12.3. The van der Waals surface area contributed by atoms with Gasteiger partial charge in [0.05, 0.1) is 11.5 Å². The largest absolute Gasteiger partial charge is 0.393 e. The van der Waals surface area contributed by atoms with E-state index in [0.717, 1.165) is 44.9 Å². The standard InChI is InChI=1S/C13H24N2O2.ClH/c14-9-13(6-1-2-7-13)12(17)15-8-10-4-3-5-11(10)16;/h10-11,16H,1-9,14H2,(H,15,17);1H. The van der Waals surface area contributed by atoms with Crippen LogP contribution in [0.25, 0.3) is 0 Å². The summed E-state index contributed by atoms with van der Waals surface area (Å²) in [4.78, 5) is 12.2. The molecule has 5 heteroatoms. The highest BCUT2D eigenvalue weighted by Crippen LogP contribution is 2.37. The average Bonchev–Trinajstić information content (AvgIpc) is 2.95. The minimum Gasteiger partial charge on any atom is -0.393 e. The van der Waals surface area contributed by atoms with Crippen LogP contribution in [0.5, 0.6) is 0 Å². The van der Waals surface area contributed by atoms with Gasteiger partial charge in [0.25, 0.3) is 0 Å². The Morgan fingerprint density at radius 1 is 1.28 bits per heavy atom. The lowest BCUT2D eigenvalue weighted by atomic mass is 9.85. The van der Waals surface area contributed by atoms with Crippen LogP contribution in [0.2, 0.25) is 0 Å². The third-order valence-corrected chi connectivity index (χ3v) is 4.58. The maximum Gasteiger partial charge on any atom is 0.227 e. The van der Waals surface area contributed by atoms with Crippen molar-refractivity contribution in [2.75, 3.05) is 13.1 Å². The highest BCUT2D eigenvalue weighted by molar-refractivity contribution is 5.85. The molecule has 4 nitrogen and oxygen atoms in total. The number of hydrogen-bond acceptors (Lipinski definition) is 3. The van der Waals surface area contributed by atoms with Gasteiger partial charge in [0, 0.05) is 19.0 Å². The summed E-state index contributed by atoms with van der Waals surface area (Å²) in [5.41, 5.74) is 5.45. The third-order valence-electron chi connectivity index (χ3n) is 4.58. The number of nitrogens with one attached hydrogen (secondary N) is 1. The first-order valence-electron chi connectivity index (χ1n) is 6.84. The molecule has 0 spiro atoms. The Morgan fingerprint density at radius 2 is 1.94 bits per heavy atom. The van der Waals surface area contributed by atoms with Crippen LogP contribution in [0.4, 0.5) is 0 Å². The predicted octanol–water partition coefficient (Wildman–Crippen LogP) is 1.20. The van der Waals surface area contributed by atoms with Gasteiger partial charge in [-0.15, -0.1) is 12.4 Å². The molecule has 2 atom stereocenters. The maximum atomic E-state index is 12.2. The summed E-state index contributed by atoms with van der Waals surface area (Å²) in [5, 5.41) is 12.7. The Balaban J connectivity index is 0.00000162. The summed E-state index contributed by atoms with van der Waals surface area (Å²) in [5.74, 6) is 0.353. The smallest absolute Gasteiger partial charge is 0.227 e. The van der Waals surface area contributed by atoms with Crippen LogP contribution >= 0.6 is 12.4 Å². The predicted molar refractivity (Wildman–Crippen MR) is 73.6 cm³/mol. The van der Waals surface area contributed by atoms with E-state index in [-0.39, 0.29) is 35.8 Å². The average molecular weight is 277 g/mol. The molecule has 2 unspecified atom stereocenters. The second kappa shape index (κ2) is 6.73. The highest BCUT2D eigenvalue weighted by atomic mass is 35.5. The van der Waals surface area contributed by atoms with Crippen molar-refractivity contribution >= 4 is 18.3 Å². The van der Waals surface area contributed by atoms with Crippen molar-refractivity contribution in [3.63, 3.8) is 0 Å². The summed E-state index contributed by atoms with van der Waals surface area (Å²) < 4.78 is 0. The molecule has 0 aromatic rings. The van der Waals surface area contributed by atoms with Gasteiger partial charge in [0.1, 0.15) is 0 Å². The number of carbonyl (C=O) groups excluding carboxylic acids is 1. The van der Waals surface area contributed by atoms with Gasteiger partial charge < -0.3 is 16.2 Å². The molecule has 2 fully saturated rings. The fourth-order valence-corrected chi connectivity index (χ4v) is 3.24. The van der Waals surface area contributed by atoms with Crippen LogP contribution in [-0.2, 0) is 4.79 Å². The van der Waals surface area contributed by atoms with Crippen LogP contribution in [0, 0.1) is 11.3 Å². The summed E-state index contributed by atoms with van der Waals surface area (Å²) in [6, 6.07) is 0. The van der Waals surface area contributed by atoms with E-state index in [1.165, 1.54) is 0 Å². The Morgan fingerprint density at radius 3 is 2.44 bits per heavy atom. The summed E-state index contributed by atoms with van der Waals surface area (Å²) in [6.45, 7) is 1.06. The Hall–Kier alpha value is -0.320. The Labute approximate surface area is 115 Å². The molecular weight excluding hydrogens is 252 g/mol. The topological polar surface area (TPSA) is 75.4 Å². The van der Waals surface area contributed by atoms with E-state index in [0.29, 0.717) is 13.1 Å². The molecule has 1 amide bonds. The third kappa shape index (κ3) is 3.16. The Bertz CT molecular complexity index is 280. The van der Waals surface area contributed by atoms with Gasteiger partial charge in [0.2, 0.25) is 5.91 Å². The normalized spacial score (nSPS) is 29.9. The molecule has 4 N–H and O–H groups in total. The van der Waals surface area contributed by atoms with Crippen LogP contribution in [-0.4, -0.2) is 30.2 Å².